The second-order valence-electron chi connectivity index (χ2n) is 20.3. The second-order valence-corrected chi connectivity index (χ2v) is 20.3. The third-order valence-corrected chi connectivity index (χ3v) is 16.3. The van der Waals surface area contributed by atoms with Crippen LogP contribution in [0.2, 0.25) is 0 Å². The third kappa shape index (κ3) is 7.65. The maximum atomic E-state index is 2.43. The Kier molecular flexibility index (Phi) is 11.2. The summed E-state index contributed by atoms with van der Waals surface area (Å²) in [6.45, 7) is 13.5. The van der Waals surface area contributed by atoms with E-state index in [0.29, 0.717) is 0 Å². The monoisotopic (exact) mass is 963 g/mol. The highest BCUT2D eigenvalue weighted by Crippen LogP contribution is 2.51. The Labute approximate surface area is 442 Å². The molecule has 3 heterocycles. The summed E-state index contributed by atoms with van der Waals surface area (Å²) in [5.74, 6) is 0. The zero-order valence-electron chi connectivity index (χ0n) is 43.4. The van der Waals surface area contributed by atoms with E-state index in [1.165, 1.54) is 101 Å². The zero-order chi connectivity index (χ0) is 50.9. The van der Waals surface area contributed by atoms with Crippen molar-refractivity contribution in [2.45, 2.75) is 41.5 Å². The van der Waals surface area contributed by atoms with E-state index in [4.69, 9.17) is 0 Å². The largest absolute Gasteiger partial charge is 0.309 e. The molecule has 0 bridgehead atoms. The molecule has 13 rings (SSSR count). The van der Waals surface area contributed by atoms with Crippen LogP contribution in [0.25, 0.3) is 66.8 Å². The van der Waals surface area contributed by atoms with E-state index >= 15 is 0 Å². The van der Waals surface area contributed by atoms with E-state index in [1.54, 1.807) is 0 Å². The molecule has 0 fully saturated rings. The Morgan fingerprint density at radius 2 is 0.360 bits per heavy atom. The molecule has 0 saturated carbocycles. The number of fused-ring (bicyclic) bond motifs is 6. The minimum atomic E-state index is 1.12. The number of anilines is 9. The summed E-state index contributed by atoms with van der Waals surface area (Å²) in [6, 6.07) is 87.5. The average molecular weight is 964 g/mol. The lowest BCUT2D eigenvalue weighted by molar-refractivity contribution is 1.27. The van der Waals surface area contributed by atoms with Crippen LogP contribution in [0.4, 0.5) is 51.2 Å². The van der Waals surface area contributed by atoms with Gasteiger partial charge in [0, 0.05) is 50.4 Å². The van der Waals surface area contributed by atoms with Gasteiger partial charge in [-0.15, -0.1) is 0 Å². The van der Waals surface area contributed by atoms with Gasteiger partial charge >= 0.3 is 0 Å². The van der Waals surface area contributed by atoms with Gasteiger partial charge in [0.15, 0.2) is 0 Å². The number of para-hydroxylation sites is 6. The molecule has 10 aromatic rings. The minimum absolute atomic E-state index is 1.12. The summed E-state index contributed by atoms with van der Waals surface area (Å²) in [7, 11) is 0. The molecule has 0 unspecified atom stereocenters. The van der Waals surface area contributed by atoms with Gasteiger partial charge in [0.05, 0.1) is 34.1 Å². The van der Waals surface area contributed by atoms with Crippen molar-refractivity contribution in [3.05, 3.63) is 270 Å². The molecule has 0 aromatic heterocycles. The molecule has 360 valence electrons. The van der Waals surface area contributed by atoms with Crippen LogP contribution in [-0.2, 0) is 0 Å². The van der Waals surface area contributed by atoms with Gasteiger partial charge in [-0.25, -0.2) is 0 Å². The van der Waals surface area contributed by atoms with E-state index in [0.717, 1.165) is 50.4 Å². The van der Waals surface area contributed by atoms with Crippen molar-refractivity contribution in [3.63, 3.8) is 0 Å². The van der Waals surface area contributed by atoms with Crippen LogP contribution in [0, 0.1) is 0 Å². The Balaban J connectivity index is 0.925. The molecular weight excluding hydrogens is 907 g/mol. The van der Waals surface area contributed by atoms with Crippen LogP contribution >= 0.6 is 0 Å². The number of rotatable bonds is 6. The SMILES string of the molecule is CC1=C(C)c2ccccc2N(c2ccc(-c3cc(-c4ccc(N5c6ccccc6C(C)=C(C)c6ccccc65)cc4)cc(-c4ccc(N5c6ccccc6C(C)=C(C)c6ccccc65)cc4)c3)cc2)c2ccccc21. The summed E-state index contributed by atoms with van der Waals surface area (Å²) in [5, 5.41) is 0. The van der Waals surface area contributed by atoms with Gasteiger partial charge in [-0.1, -0.05) is 146 Å². The van der Waals surface area contributed by atoms with Crippen LogP contribution in [0.5, 0.6) is 0 Å². The second kappa shape index (κ2) is 18.4. The molecule has 0 aliphatic carbocycles. The smallest absolute Gasteiger partial charge is 0.0537 e. The molecule has 0 amide bonds. The van der Waals surface area contributed by atoms with Gasteiger partial charge in [0.1, 0.15) is 0 Å². The van der Waals surface area contributed by atoms with Crippen LogP contribution in [-0.4, -0.2) is 0 Å². The van der Waals surface area contributed by atoms with E-state index in [1.807, 2.05) is 0 Å². The van der Waals surface area contributed by atoms with Crippen LogP contribution in [0.15, 0.2) is 237 Å². The molecule has 3 heteroatoms. The fourth-order valence-electron chi connectivity index (χ4n) is 11.9. The molecule has 0 radical (unpaired) electrons. The van der Waals surface area contributed by atoms with E-state index in [2.05, 4.69) is 293 Å². The summed E-state index contributed by atoms with van der Waals surface area (Å²) in [6.07, 6.45) is 0. The number of hydrogen-bond donors (Lipinski definition) is 0. The lowest BCUT2D eigenvalue weighted by atomic mass is 9.93. The predicted molar refractivity (Wildman–Crippen MR) is 321 cm³/mol. The maximum absolute atomic E-state index is 2.43. The zero-order valence-corrected chi connectivity index (χ0v) is 43.4. The highest BCUT2D eigenvalue weighted by Gasteiger charge is 2.28. The molecule has 0 saturated heterocycles. The lowest BCUT2D eigenvalue weighted by Gasteiger charge is -2.28. The van der Waals surface area contributed by atoms with Crippen molar-refractivity contribution < 1.29 is 0 Å². The van der Waals surface area contributed by atoms with Crippen molar-refractivity contribution in [2.24, 2.45) is 0 Å². The van der Waals surface area contributed by atoms with Gasteiger partial charge in [-0.05, 0) is 199 Å². The lowest BCUT2D eigenvalue weighted by Crippen LogP contribution is -2.12. The quantitative estimate of drug-likeness (QED) is 0.164. The average Bonchev–Trinajstić information content (AvgIpc) is 3.68. The van der Waals surface area contributed by atoms with Crippen molar-refractivity contribution in [1.82, 2.24) is 0 Å². The first-order chi connectivity index (χ1) is 36.7. The van der Waals surface area contributed by atoms with E-state index in [-0.39, 0.29) is 0 Å². The van der Waals surface area contributed by atoms with Gasteiger partial charge < -0.3 is 14.7 Å². The van der Waals surface area contributed by atoms with Crippen LogP contribution < -0.4 is 14.7 Å². The highest BCUT2D eigenvalue weighted by molar-refractivity contribution is 6.05. The first-order valence-corrected chi connectivity index (χ1v) is 26.2. The summed E-state index contributed by atoms with van der Waals surface area (Å²) in [4.78, 5) is 7.29. The molecule has 3 aliphatic heterocycles. The fraction of sp³-hybridized carbons (Fsp3) is 0.0833. The molecule has 3 aliphatic rings. The standard InChI is InChI=1S/C72H57N3/c1-46-47(2)62-20-8-14-26-68(62)73(67-25-13-7-19-61(46)67)58-37-31-52(32-38-58)55-43-56(53-33-39-59(40-34-53)74-69-27-15-9-21-63(69)48(3)49(4)64-22-10-16-28-70(64)74)45-57(44-55)54-35-41-60(42-36-54)75-71-29-17-11-23-65(71)50(5)51(6)66-24-12-18-30-72(66)75/h7-45H,1-6H3. The maximum Gasteiger partial charge on any atom is 0.0537 e. The predicted octanol–water partition coefficient (Wildman–Crippen LogP) is 20.9. The van der Waals surface area contributed by atoms with E-state index in [9.17, 15) is 0 Å². The summed E-state index contributed by atoms with van der Waals surface area (Å²) >= 11 is 0. The normalized spacial score (nSPS) is 13.8. The van der Waals surface area contributed by atoms with Crippen LogP contribution in [0.1, 0.15) is 74.9 Å². The van der Waals surface area contributed by atoms with Gasteiger partial charge in [-0.2, -0.15) is 0 Å². The molecule has 3 nitrogen and oxygen atoms in total. The number of nitrogens with zero attached hydrogens (tertiary/aromatic N) is 3. The fourth-order valence-corrected chi connectivity index (χ4v) is 11.9. The van der Waals surface area contributed by atoms with Crippen molar-refractivity contribution >= 4 is 84.6 Å². The first kappa shape index (κ1) is 45.7. The Hall–Kier alpha value is -9.18. The van der Waals surface area contributed by atoms with Crippen molar-refractivity contribution in [3.8, 4) is 33.4 Å². The van der Waals surface area contributed by atoms with E-state index < -0.39 is 0 Å². The molecule has 0 atom stereocenters. The topological polar surface area (TPSA) is 9.72 Å². The van der Waals surface area contributed by atoms with Gasteiger partial charge in [-0.3, -0.25) is 0 Å². The Bertz CT molecular complexity index is 3400. The number of benzene rings is 10. The summed E-state index contributed by atoms with van der Waals surface area (Å²) in [5.41, 5.74) is 32.7. The molecular formula is C72H57N3. The van der Waals surface area contributed by atoms with Crippen LogP contribution in [0.3, 0.4) is 0 Å². The molecule has 0 N–H and O–H groups in total. The molecule has 10 aromatic carbocycles. The van der Waals surface area contributed by atoms with Gasteiger partial charge in [0.25, 0.3) is 0 Å². The first-order valence-electron chi connectivity index (χ1n) is 26.2. The minimum Gasteiger partial charge on any atom is -0.309 e. The van der Waals surface area contributed by atoms with Crippen molar-refractivity contribution in [1.29, 1.82) is 0 Å². The molecule has 75 heavy (non-hydrogen) atoms. The Morgan fingerprint density at radius 1 is 0.187 bits per heavy atom. The number of hydrogen-bond acceptors (Lipinski definition) is 3. The third-order valence-electron chi connectivity index (χ3n) is 16.3. The molecule has 0 spiro atoms. The van der Waals surface area contributed by atoms with Crippen molar-refractivity contribution in [2.75, 3.05) is 14.7 Å². The van der Waals surface area contributed by atoms with Gasteiger partial charge in [0.2, 0.25) is 0 Å². The number of allylic oxidation sites excluding steroid dienone is 6. The summed E-state index contributed by atoms with van der Waals surface area (Å²) < 4.78 is 0. The Morgan fingerprint density at radius 3 is 0.547 bits per heavy atom. The highest BCUT2D eigenvalue weighted by atomic mass is 15.2.